The normalized spacial score (nSPS) is 12.6. The van der Waals surface area contributed by atoms with Gasteiger partial charge in [-0.15, -0.1) is 0 Å². The maximum Gasteiger partial charge on any atom is 0.321 e. The molecule has 0 saturated carbocycles. The van der Waals surface area contributed by atoms with E-state index in [1.165, 1.54) is 5.56 Å². The molecule has 0 bridgehead atoms. The van der Waals surface area contributed by atoms with E-state index in [2.05, 4.69) is 32.3 Å². The van der Waals surface area contributed by atoms with Crippen LogP contribution in [-0.2, 0) is 11.2 Å². The quantitative estimate of drug-likeness (QED) is 0.753. The molecule has 4 rings (SSSR count). The van der Waals surface area contributed by atoms with Gasteiger partial charge in [-0.05, 0) is 54.8 Å². The summed E-state index contributed by atoms with van der Waals surface area (Å²) in [6, 6.07) is 15.7. The predicted molar refractivity (Wildman–Crippen MR) is 104 cm³/mol. The van der Waals surface area contributed by atoms with Crippen molar-refractivity contribution in [1.29, 1.82) is 0 Å². The number of aromatic nitrogens is 2. The Kier molecular flexibility index (Phi) is 4.70. The van der Waals surface area contributed by atoms with Crippen molar-refractivity contribution in [2.75, 3.05) is 23.3 Å². The molecular weight excluding hydrogens is 340 g/mol. The van der Waals surface area contributed by atoms with Crippen LogP contribution in [0.25, 0.3) is 0 Å². The number of amides is 1. The molecule has 2 heterocycles. The highest BCUT2D eigenvalue weighted by atomic mass is 16.5. The smallest absolute Gasteiger partial charge is 0.321 e. The highest BCUT2D eigenvalue weighted by Crippen LogP contribution is 2.28. The second-order valence-electron chi connectivity index (χ2n) is 6.46. The van der Waals surface area contributed by atoms with Gasteiger partial charge in [-0.3, -0.25) is 4.79 Å². The van der Waals surface area contributed by atoms with E-state index in [0.717, 1.165) is 29.9 Å². The Hall–Kier alpha value is -3.41. The second kappa shape index (κ2) is 7.45. The first-order valence-corrected chi connectivity index (χ1v) is 8.87. The van der Waals surface area contributed by atoms with Crippen LogP contribution in [0.1, 0.15) is 11.1 Å². The van der Waals surface area contributed by atoms with Gasteiger partial charge in [-0.1, -0.05) is 18.2 Å². The lowest BCUT2D eigenvalue weighted by atomic mass is 10.2. The summed E-state index contributed by atoms with van der Waals surface area (Å²) in [7, 11) is 0. The van der Waals surface area contributed by atoms with E-state index in [4.69, 9.17) is 4.74 Å². The number of nitrogens with one attached hydrogen (secondary N) is 1. The molecule has 0 atom stereocenters. The third kappa shape index (κ3) is 3.89. The number of hydrogen-bond acceptors (Lipinski definition) is 5. The lowest BCUT2D eigenvalue weighted by Crippen LogP contribution is -2.32. The van der Waals surface area contributed by atoms with Gasteiger partial charge in [0.2, 0.25) is 5.91 Å². The second-order valence-corrected chi connectivity index (χ2v) is 6.46. The monoisotopic (exact) mass is 360 g/mol. The van der Waals surface area contributed by atoms with Crippen LogP contribution >= 0.6 is 0 Å². The molecule has 136 valence electrons. The molecular formula is C21H20N4O2. The minimum absolute atomic E-state index is 0.0325. The number of aryl methyl sites for hydroxylation is 1. The van der Waals surface area contributed by atoms with E-state index in [1.54, 1.807) is 24.5 Å². The van der Waals surface area contributed by atoms with Gasteiger partial charge in [0, 0.05) is 30.3 Å². The van der Waals surface area contributed by atoms with Crippen LogP contribution in [0.2, 0.25) is 0 Å². The fourth-order valence-electron chi connectivity index (χ4n) is 3.22. The van der Waals surface area contributed by atoms with Gasteiger partial charge in [0.1, 0.15) is 5.75 Å². The minimum atomic E-state index is -0.0325. The number of nitrogens with zero attached hydrogens (tertiary/aromatic N) is 3. The number of hydrogen-bond donors (Lipinski definition) is 1. The van der Waals surface area contributed by atoms with Gasteiger partial charge < -0.3 is 15.0 Å². The van der Waals surface area contributed by atoms with E-state index in [1.807, 2.05) is 31.2 Å². The van der Waals surface area contributed by atoms with Crippen LogP contribution < -0.4 is 15.0 Å². The molecule has 6 nitrogen and oxygen atoms in total. The van der Waals surface area contributed by atoms with E-state index < -0.39 is 0 Å². The molecule has 0 aliphatic carbocycles. The predicted octanol–water partition coefficient (Wildman–Crippen LogP) is 3.58. The highest BCUT2D eigenvalue weighted by molar-refractivity contribution is 5.95. The van der Waals surface area contributed by atoms with Crippen LogP contribution in [0.15, 0.2) is 60.9 Å². The van der Waals surface area contributed by atoms with Crippen molar-refractivity contribution in [2.24, 2.45) is 0 Å². The fraction of sp³-hybridized carbons (Fsp3) is 0.190. The maximum atomic E-state index is 12.5. The summed E-state index contributed by atoms with van der Waals surface area (Å²) in [6.07, 6.45) is 4.23. The van der Waals surface area contributed by atoms with Gasteiger partial charge in [0.15, 0.2) is 0 Å². The molecule has 1 aliphatic heterocycles. The Morgan fingerprint density at radius 3 is 2.78 bits per heavy atom. The molecule has 1 aromatic heterocycles. The van der Waals surface area contributed by atoms with E-state index in [0.29, 0.717) is 18.3 Å². The maximum absolute atomic E-state index is 12.5. The van der Waals surface area contributed by atoms with Crippen molar-refractivity contribution in [3.8, 4) is 11.8 Å². The summed E-state index contributed by atoms with van der Waals surface area (Å²) in [4.78, 5) is 22.7. The average molecular weight is 360 g/mol. The minimum Gasteiger partial charge on any atom is -0.424 e. The molecule has 3 aromatic rings. The van der Waals surface area contributed by atoms with Crippen LogP contribution in [0.4, 0.5) is 11.4 Å². The van der Waals surface area contributed by atoms with Gasteiger partial charge >= 0.3 is 6.01 Å². The zero-order valence-corrected chi connectivity index (χ0v) is 15.1. The zero-order valence-electron chi connectivity index (χ0n) is 15.1. The number of carbonyl (C=O) groups is 1. The Labute approximate surface area is 157 Å². The molecule has 1 aliphatic rings. The molecule has 0 saturated heterocycles. The fourth-order valence-corrected chi connectivity index (χ4v) is 3.22. The van der Waals surface area contributed by atoms with Crippen LogP contribution in [0, 0.1) is 6.92 Å². The standard InChI is InChI=1S/C21H20N4O2/c1-15-13-17(27-21-22-10-4-11-23-21)7-8-18(15)24-20(26)14-25-12-9-16-5-2-3-6-19(16)25/h2-8,10-11,13H,9,12,14H2,1H3,(H,24,26). The number of ether oxygens (including phenoxy) is 1. The average Bonchev–Trinajstić information content (AvgIpc) is 3.08. The van der Waals surface area contributed by atoms with Crippen LogP contribution in [-0.4, -0.2) is 29.0 Å². The summed E-state index contributed by atoms with van der Waals surface area (Å²) in [5.41, 5.74) is 4.13. The number of fused-ring (bicyclic) bond motifs is 1. The van der Waals surface area contributed by atoms with Crippen molar-refractivity contribution < 1.29 is 9.53 Å². The number of rotatable bonds is 5. The molecule has 27 heavy (non-hydrogen) atoms. The molecule has 0 fully saturated rings. The van der Waals surface area contributed by atoms with Gasteiger partial charge in [-0.2, -0.15) is 0 Å². The number of anilines is 2. The largest absolute Gasteiger partial charge is 0.424 e. The lowest BCUT2D eigenvalue weighted by molar-refractivity contribution is -0.115. The zero-order chi connectivity index (χ0) is 18.6. The molecule has 2 aromatic carbocycles. The van der Waals surface area contributed by atoms with Crippen molar-refractivity contribution in [3.05, 3.63) is 72.1 Å². The van der Waals surface area contributed by atoms with Crippen molar-refractivity contribution in [2.45, 2.75) is 13.3 Å². The van der Waals surface area contributed by atoms with Crippen molar-refractivity contribution in [3.63, 3.8) is 0 Å². The summed E-state index contributed by atoms with van der Waals surface area (Å²) < 4.78 is 5.62. The summed E-state index contributed by atoms with van der Waals surface area (Å²) in [6.45, 7) is 3.14. The highest BCUT2D eigenvalue weighted by Gasteiger charge is 2.20. The van der Waals surface area contributed by atoms with Gasteiger partial charge in [-0.25, -0.2) is 9.97 Å². The first-order chi connectivity index (χ1) is 13.2. The molecule has 1 N–H and O–H groups in total. The third-order valence-corrected chi connectivity index (χ3v) is 4.54. The van der Waals surface area contributed by atoms with E-state index in [9.17, 15) is 4.79 Å². The lowest BCUT2D eigenvalue weighted by Gasteiger charge is -2.19. The van der Waals surface area contributed by atoms with Crippen molar-refractivity contribution >= 4 is 17.3 Å². The molecule has 0 radical (unpaired) electrons. The Bertz CT molecular complexity index is 959. The first-order valence-electron chi connectivity index (χ1n) is 8.87. The van der Waals surface area contributed by atoms with Crippen molar-refractivity contribution in [1.82, 2.24) is 9.97 Å². The van der Waals surface area contributed by atoms with Gasteiger partial charge in [0.05, 0.1) is 6.54 Å². The van der Waals surface area contributed by atoms with Crippen LogP contribution in [0.3, 0.4) is 0 Å². The third-order valence-electron chi connectivity index (χ3n) is 4.54. The number of para-hydroxylation sites is 1. The Morgan fingerprint density at radius 2 is 1.96 bits per heavy atom. The molecule has 0 spiro atoms. The number of carbonyl (C=O) groups excluding carboxylic acids is 1. The topological polar surface area (TPSA) is 67.4 Å². The van der Waals surface area contributed by atoms with Gasteiger partial charge in [0.25, 0.3) is 0 Å². The Balaban J connectivity index is 1.40. The van der Waals surface area contributed by atoms with E-state index in [-0.39, 0.29) is 5.91 Å². The molecule has 6 heteroatoms. The summed E-state index contributed by atoms with van der Waals surface area (Å²) >= 11 is 0. The molecule has 0 unspecified atom stereocenters. The summed E-state index contributed by atoms with van der Waals surface area (Å²) in [5, 5.41) is 2.99. The summed E-state index contributed by atoms with van der Waals surface area (Å²) in [5.74, 6) is 0.597. The first kappa shape index (κ1) is 17.0. The SMILES string of the molecule is Cc1cc(Oc2ncccn2)ccc1NC(=O)CN1CCc2ccccc21. The van der Waals surface area contributed by atoms with E-state index >= 15 is 0 Å². The number of benzene rings is 2. The Morgan fingerprint density at radius 1 is 1.15 bits per heavy atom. The molecule has 1 amide bonds. The van der Waals surface area contributed by atoms with Crippen LogP contribution in [0.5, 0.6) is 11.8 Å².